The van der Waals surface area contributed by atoms with Crippen molar-refractivity contribution in [1.82, 2.24) is 4.72 Å². The molecule has 1 fully saturated rings. The summed E-state index contributed by atoms with van der Waals surface area (Å²) in [6.45, 7) is 4.01. The maximum absolute atomic E-state index is 13.1. The van der Waals surface area contributed by atoms with Crippen LogP contribution in [0.1, 0.15) is 39.7 Å². The molecule has 1 heterocycles. The minimum absolute atomic E-state index is 0.0258. The van der Waals surface area contributed by atoms with E-state index in [4.69, 9.17) is 28.4 Å². The molecule has 5 atom stereocenters. The molecule has 0 unspecified atom stereocenters. The molecule has 0 amide bonds. The second-order valence-corrected chi connectivity index (χ2v) is 11.5. The zero-order valence-corrected chi connectivity index (χ0v) is 26.1. The third-order valence-electron chi connectivity index (χ3n) is 6.17. The predicted octanol–water partition coefficient (Wildman–Crippen LogP) is 2.05. The number of nitrogens with one attached hydrogen (secondary N) is 1. The summed E-state index contributed by atoms with van der Waals surface area (Å²) in [6, 6.07) is 16.9. The Hall–Kier alpha value is -4.34. The number of carbonyl (C=O) groups excluding carboxylic acids is 4. The number of rotatable bonds is 13. The SMILES string of the molecule is CC(=O)OC[C@H]1O[C@@H](OCCC(=NCc2ccccc2)NS(=O)(=O)c2ccccc2)[C@H](OC(C)=O)[C@@H](OC(C)=O)[C@@H]1OC(C)=O. The van der Waals surface area contributed by atoms with Crippen LogP contribution >= 0.6 is 0 Å². The Labute approximate surface area is 261 Å². The highest BCUT2D eigenvalue weighted by atomic mass is 32.2. The molecule has 0 saturated carbocycles. The Kier molecular flexibility index (Phi) is 13.0. The normalized spacial score (nSPS) is 21.7. The van der Waals surface area contributed by atoms with Gasteiger partial charge in [-0.25, -0.2) is 8.42 Å². The highest BCUT2D eigenvalue weighted by Crippen LogP contribution is 2.30. The third kappa shape index (κ3) is 11.3. The van der Waals surface area contributed by atoms with Crippen LogP contribution in [0.2, 0.25) is 0 Å². The van der Waals surface area contributed by atoms with Crippen molar-refractivity contribution in [2.75, 3.05) is 13.2 Å². The summed E-state index contributed by atoms with van der Waals surface area (Å²) < 4.78 is 61.7. The number of benzene rings is 2. The van der Waals surface area contributed by atoms with Crippen LogP contribution in [-0.2, 0) is 64.2 Å². The van der Waals surface area contributed by atoms with Gasteiger partial charge in [0, 0.05) is 34.1 Å². The number of amidine groups is 1. The zero-order valence-electron chi connectivity index (χ0n) is 25.2. The van der Waals surface area contributed by atoms with Gasteiger partial charge in [0.1, 0.15) is 18.5 Å². The number of ether oxygens (including phenoxy) is 6. The Morgan fingerprint density at radius 2 is 1.33 bits per heavy atom. The van der Waals surface area contributed by atoms with Gasteiger partial charge in [-0.3, -0.25) is 28.9 Å². The summed E-state index contributed by atoms with van der Waals surface area (Å²) in [5, 5.41) is 0. The molecule has 0 radical (unpaired) electrons. The molecule has 3 rings (SSSR count). The predicted molar refractivity (Wildman–Crippen MR) is 157 cm³/mol. The highest BCUT2D eigenvalue weighted by molar-refractivity contribution is 7.90. The van der Waals surface area contributed by atoms with E-state index < -0.39 is 71.2 Å². The number of hydrogen-bond donors (Lipinski definition) is 1. The van der Waals surface area contributed by atoms with Crippen LogP contribution in [0.4, 0.5) is 0 Å². The van der Waals surface area contributed by atoms with Crippen molar-refractivity contribution < 1.29 is 56.0 Å². The Morgan fingerprint density at radius 1 is 0.778 bits per heavy atom. The van der Waals surface area contributed by atoms with E-state index in [0.717, 1.165) is 33.3 Å². The number of aliphatic imine (C=N–C) groups is 1. The summed E-state index contributed by atoms with van der Waals surface area (Å²) in [5.74, 6) is -2.93. The van der Waals surface area contributed by atoms with Crippen LogP contribution in [0.15, 0.2) is 70.6 Å². The average molecular weight is 649 g/mol. The van der Waals surface area contributed by atoms with Gasteiger partial charge in [-0.15, -0.1) is 0 Å². The quantitative estimate of drug-likeness (QED) is 0.145. The van der Waals surface area contributed by atoms with Crippen molar-refractivity contribution in [2.24, 2.45) is 4.99 Å². The molecule has 0 aromatic heterocycles. The van der Waals surface area contributed by atoms with Gasteiger partial charge in [-0.1, -0.05) is 48.5 Å². The zero-order chi connectivity index (χ0) is 33.0. The summed E-state index contributed by atoms with van der Waals surface area (Å²) in [7, 11) is -4.00. The van der Waals surface area contributed by atoms with Crippen LogP contribution in [0, 0.1) is 0 Å². The van der Waals surface area contributed by atoms with Gasteiger partial charge in [0.25, 0.3) is 10.0 Å². The van der Waals surface area contributed by atoms with E-state index in [1.807, 2.05) is 30.3 Å². The Bertz CT molecular complexity index is 1450. The van der Waals surface area contributed by atoms with Crippen LogP contribution in [0.5, 0.6) is 0 Å². The second-order valence-electron chi connectivity index (χ2n) is 9.86. The van der Waals surface area contributed by atoms with Gasteiger partial charge in [0.2, 0.25) is 0 Å². The number of sulfonamides is 1. The lowest BCUT2D eigenvalue weighted by atomic mass is 9.98. The molecule has 2 aromatic rings. The van der Waals surface area contributed by atoms with Crippen LogP contribution in [0.3, 0.4) is 0 Å². The number of nitrogens with zero attached hydrogens (tertiary/aromatic N) is 1. The van der Waals surface area contributed by atoms with Gasteiger partial charge in [0.15, 0.2) is 24.6 Å². The lowest BCUT2D eigenvalue weighted by Gasteiger charge is -2.44. The lowest BCUT2D eigenvalue weighted by Crippen LogP contribution is -2.63. The van der Waals surface area contributed by atoms with E-state index in [0.29, 0.717) is 0 Å². The largest absolute Gasteiger partial charge is 0.463 e. The van der Waals surface area contributed by atoms with Crippen molar-refractivity contribution in [2.45, 2.75) is 76.3 Å². The standard InChI is InChI=1S/C30H36N2O12S/c1-19(33)40-18-25-27(41-20(2)34)28(42-21(3)35)29(43-22(4)36)30(44-25)39-16-15-26(31-17-23-11-7-5-8-12-23)32-45(37,38)24-13-9-6-10-14-24/h5-14,25,27-30H,15-18H2,1-4H3,(H,31,32)/t25-,27-,28+,29-,30-/m1/s1. The first-order chi connectivity index (χ1) is 21.4. The third-order valence-corrected chi connectivity index (χ3v) is 7.57. The summed E-state index contributed by atoms with van der Waals surface area (Å²) >= 11 is 0. The Balaban J connectivity index is 1.87. The number of esters is 4. The van der Waals surface area contributed by atoms with E-state index >= 15 is 0 Å². The summed E-state index contributed by atoms with van der Waals surface area (Å²) in [4.78, 5) is 52.1. The Morgan fingerprint density at radius 3 is 1.91 bits per heavy atom. The van der Waals surface area contributed by atoms with Crippen LogP contribution in [0.25, 0.3) is 0 Å². The molecule has 15 heteroatoms. The van der Waals surface area contributed by atoms with Crippen molar-refractivity contribution in [1.29, 1.82) is 0 Å². The molecule has 2 aromatic carbocycles. The molecule has 0 bridgehead atoms. The van der Waals surface area contributed by atoms with E-state index in [1.54, 1.807) is 18.2 Å². The topological polar surface area (TPSA) is 182 Å². The first kappa shape index (κ1) is 35.1. The fourth-order valence-corrected chi connectivity index (χ4v) is 5.45. The van der Waals surface area contributed by atoms with Gasteiger partial charge in [-0.05, 0) is 17.7 Å². The number of carbonyl (C=O) groups is 4. The van der Waals surface area contributed by atoms with Crippen molar-refractivity contribution in [3.8, 4) is 0 Å². The first-order valence-corrected chi connectivity index (χ1v) is 15.4. The number of hydrogen-bond acceptors (Lipinski definition) is 13. The molecule has 1 N–H and O–H groups in total. The molecule has 1 aliphatic heterocycles. The fraction of sp³-hybridized carbons (Fsp3) is 0.433. The fourth-order valence-electron chi connectivity index (χ4n) is 4.34. The molecular formula is C30H36N2O12S. The first-order valence-electron chi connectivity index (χ1n) is 13.9. The molecule has 0 spiro atoms. The van der Waals surface area contributed by atoms with Crippen LogP contribution in [-0.4, -0.2) is 82.1 Å². The van der Waals surface area contributed by atoms with Crippen molar-refractivity contribution in [3.63, 3.8) is 0 Å². The highest BCUT2D eigenvalue weighted by Gasteiger charge is 2.52. The molecular weight excluding hydrogens is 612 g/mol. The maximum atomic E-state index is 13.1. The van der Waals surface area contributed by atoms with E-state index in [-0.39, 0.29) is 30.3 Å². The van der Waals surface area contributed by atoms with E-state index in [2.05, 4.69) is 9.71 Å². The molecule has 1 saturated heterocycles. The lowest BCUT2D eigenvalue weighted by molar-refractivity contribution is -0.307. The monoisotopic (exact) mass is 648 g/mol. The minimum Gasteiger partial charge on any atom is -0.463 e. The van der Waals surface area contributed by atoms with Gasteiger partial charge < -0.3 is 28.4 Å². The van der Waals surface area contributed by atoms with E-state index in [1.165, 1.54) is 12.1 Å². The smallest absolute Gasteiger partial charge is 0.303 e. The minimum atomic E-state index is -4.00. The molecule has 244 valence electrons. The van der Waals surface area contributed by atoms with Crippen LogP contribution < -0.4 is 4.72 Å². The molecule has 45 heavy (non-hydrogen) atoms. The van der Waals surface area contributed by atoms with Crippen molar-refractivity contribution >= 4 is 39.7 Å². The molecule has 1 aliphatic rings. The summed E-state index contributed by atoms with van der Waals surface area (Å²) in [5.41, 5.74) is 0.828. The van der Waals surface area contributed by atoms with E-state index in [9.17, 15) is 27.6 Å². The molecule has 0 aliphatic carbocycles. The average Bonchev–Trinajstić information content (AvgIpc) is 2.98. The van der Waals surface area contributed by atoms with Gasteiger partial charge in [-0.2, -0.15) is 0 Å². The molecule has 14 nitrogen and oxygen atoms in total. The van der Waals surface area contributed by atoms with Crippen molar-refractivity contribution in [3.05, 3.63) is 66.2 Å². The summed E-state index contributed by atoms with van der Waals surface area (Å²) in [6.07, 6.45) is -6.86. The maximum Gasteiger partial charge on any atom is 0.303 e. The second kappa shape index (κ2) is 16.7. The van der Waals surface area contributed by atoms with Gasteiger partial charge in [0.05, 0.1) is 18.0 Å². The van der Waals surface area contributed by atoms with Gasteiger partial charge >= 0.3 is 23.9 Å².